The van der Waals surface area contributed by atoms with E-state index in [1.807, 2.05) is 12.1 Å². The Morgan fingerprint density at radius 3 is 2.36 bits per heavy atom. The SMILES string of the molecule is O=S(=O)(NCC1=NN(c2ccc(Cl)cc2Cl)[C@@H](c2ccc(Cl)cc2)C1)c1cc(F)ccc1F. The van der Waals surface area contributed by atoms with Crippen LogP contribution in [-0.4, -0.2) is 20.7 Å². The van der Waals surface area contributed by atoms with Gasteiger partial charge in [-0.3, -0.25) is 5.01 Å². The Kier molecular flexibility index (Phi) is 6.93. The van der Waals surface area contributed by atoms with Gasteiger partial charge in [0.2, 0.25) is 10.0 Å². The highest BCUT2D eigenvalue weighted by Crippen LogP contribution is 2.39. The number of hydrogen-bond acceptors (Lipinski definition) is 4. The molecular formula is C22H16Cl3F2N3O2S. The summed E-state index contributed by atoms with van der Waals surface area (Å²) in [5.74, 6) is -1.91. The molecule has 33 heavy (non-hydrogen) atoms. The van der Waals surface area contributed by atoms with Crippen molar-refractivity contribution in [3.63, 3.8) is 0 Å². The summed E-state index contributed by atoms with van der Waals surface area (Å²) in [6, 6.07) is 14.1. The molecule has 0 bridgehead atoms. The van der Waals surface area contributed by atoms with Gasteiger partial charge in [-0.1, -0.05) is 46.9 Å². The number of benzene rings is 3. The first-order valence-electron chi connectivity index (χ1n) is 9.65. The molecule has 1 aliphatic heterocycles. The van der Waals surface area contributed by atoms with E-state index < -0.39 is 26.6 Å². The molecule has 172 valence electrons. The second-order valence-electron chi connectivity index (χ2n) is 7.28. The maximum atomic E-state index is 14.0. The molecule has 5 nitrogen and oxygen atoms in total. The molecule has 0 unspecified atom stereocenters. The Bertz CT molecular complexity index is 1340. The number of anilines is 1. The van der Waals surface area contributed by atoms with Gasteiger partial charge in [0.05, 0.1) is 29.0 Å². The average Bonchev–Trinajstić information content (AvgIpc) is 3.18. The number of sulfonamides is 1. The molecule has 4 rings (SSSR count). The van der Waals surface area contributed by atoms with Gasteiger partial charge in [0, 0.05) is 16.5 Å². The molecule has 0 radical (unpaired) electrons. The first-order valence-corrected chi connectivity index (χ1v) is 12.3. The van der Waals surface area contributed by atoms with Gasteiger partial charge in [-0.2, -0.15) is 5.10 Å². The van der Waals surface area contributed by atoms with E-state index in [0.29, 0.717) is 39.0 Å². The number of nitrogens with one attached hydrogen (secondary N) is 1. The Balaban J connectivity index is 1.63. The van der Waals surface area contributed by atoms with E-state index in [1.165, 1.54) is 0 Å². The standard InChI is InChI=1S/C22H16Cl3F2N3O2S/c23-14-3-1-13(2-4-14)21-11-17(29-30(21)20-8-5-15(24)9-18(20)25)12-28-33(31,32)22-10-16(26)6-7-19(22)27/h1-10,21,28H,11-12H2/t21-/m1/s1. The van der Waals surface area contributed by atoms with Crippen LogP contribution in [0, 0.1) is 11.6 Å². The number of nitrogens with zero attached hydrogens (tertiary/aromatic N) is 2. The predicted molar refractivity (Wildman–Crippen MR) is 127 cm³/mol. The quantitative estimate of drug-likeness (QED) is 0.412. The summed E-state index contributed by atoms with van der Waals surface area (Å²) in [6.45, 7) is -0.204. The first-order chi connectivity index (χ1) is 15.6. The number of rotatable bonds is 6. The third-order valence-corrected chi connectivity index (χ3v) is 7.24. The van der Waals surface area contributed by atoms with Gasteiger partial charge in [0.15, 0.2) is 0 Å². The van der Waals surface area contributed by atoms with Gasteiger partial charge < -0.3 is 0 Å². The van der Waals surface area contributed by atoms with Gasteiger partial charge in [-0.15, -0.1) is 0 Å². The summed E-state index contributed by atoms with van der Waals surface area (Å²) < 4.78 is 54.9. The smallest absolute Gasteiger partial charge is 0.243 e. The molecule has 3 aromatic carbocycles. The molecule has 3 aromatic rings. The van der Waals surface area contributed by atoms with Crippen LogP contribution in [0.3, 0.4) is 0 Å². The Morgan fingerprint density at radius 2 is 1.67 bits per heavy atom. The molecule has 1 atom stereocenters. The van der Waals surface area contributed by atoms with Crippen LogP contribution in [-0.2, 0) is 10.0 Å². The van der Waals surface area contributed by atoms with Crippen LogP contribution in [0.25, 0.3) is 0 Å². The lowest BCUT2D eigenvalue weighted by molar-refractivity contribution is 0.548. The molecular weight excluding hydrogens is 515 g/mol. The monoisotopic (exact) mass is 529 g/mol. The zero-order valence-corrected chi connectivity index (χ0v) is 19.9. The Labute approximate surface area is 204 Å². The highest BCUT2D eigenvalue weighted by atomic mass is 35.5. The zero-order valence-electron chi connectivity index (χ0n) is 16.8. The van der Waals surface area contributed by atoms with E-state index in [1.54, 1.807) is 35.3 Å². The normalized spacial score (nSPS) is 16.2. The first kappa shape index (κ1) is 23.9. The van der Waals surface area contributed by atoms with Crippen LogP contribution < -0.4 is 9.73 Å². The maximum Gasteiger partial charge on any atom is 0.243 e. The largest absolute Gasteiger partial charge is 0.256 e. The van der Waals surface area contributed by atoms with Crippen molar-refractivity contribution in [3.8, 4) is 0 Å². The van der Waals surface area contributed by atoms with Crippen molar-refractivity contribution in [2.75, 3.05) is 11.6 Å². The molecule has 0 saturated heterocycles. The third-order valence-electron chi connectivity index (χ3n) is 5.03. The van der Waals surface area contributed by atoms with Gasteiger partial charge in [0.25, 0.3) is 0 Å². The van der Waals surface area contributed by atoms with E-state index in [0.717, 1.165) is 17.7 Å². The topological polar surface area (TPSA) is 61.8 Å². The van der Waals surface area contributed by atoms with Gasteiger partial charge in [-0.25, -0.2) is 21.9 Å². The van der Waals surface area contributed by atoms with Gasteiger partial charge in [0.1, 0.15) is 16.5 Å². The highest BCUT2D eigenvalue weighted by molar-refractivity contribution is 7.89. The van der Waals surface area contributed by atoms with E-state index in [4.69, 9.17) is 34.8 Å². The van der Waals surface area contributed by atoms with Crippen molar-refractivity contribution in [1.29, 1.82) is 0 Å². The maximum absolute atomic E-state index is 14.0. The van der Waals surface area contributed by atoms with Crippen molar-refractivity contribution in [1.82, 2.24) is 4.72 Å². The molecule has 0 fully saturated rings. The van der Waals surface area contributed by atoms with Gasteiger partial charge in [-0.05, 0) is 54.1 Å². The molecule has 1 N–H and O–H groups in total. The summed E-state index contributed by atoms with van der Waals surface area (Å²) >= 11 is 18.4. The van der Waals surface area contributed by atoms with Crippen molar-refractivity contribution < 1.29 is 17.2 Å². The lowest BCUT2D eigenvalue weighted by Gasteiger charge is -2.25. The minimum Gasteiger partial charge on any atom is -0.256 e. The molecule has 0 aliphatic carbocycles. The van der Waals surface area contributed by atoms with E-state index >= 15 is 0 Å². The molecule has 0 saturated carbocycles. The van der Waals surface area contributed by atoms with E-state index in [-0.39, 0.29) is 12.6 Å². The summed E-state index contributed by atoms with van der Waals surface area (Å²) in [5.41, 5.74) is 1.93. The fraction of sp³-hybridized carbons (Fsp3) is 0.136. The number of hydrazone groups is 1. The summed E-state index contributed by atoms with van der Waals surface area (Å²) in [5, 5.41) is 7.63. The van der Waals surface area contributed by atoms with Crippen LogP contribution in [0.15, 0.2) is 70.7 Å². The van der Waals surface area contributed by atoms with Crippen LogP contribution >= 0.6 is 34.8 Å². The lowest BCUT2D eigenvalue weighted by Crippen LogP contribution is -2.30. The summed E-state index contributed by atoms with van der Waals surface area (Å²) in [4.78, 5) is -0.770. The minimum atomic E-state index is -4.31. The number of halogens is 5. The Hall–Kier alpha value is -2.23. The van der Waals surface area contributed by atoms with E-state index in [2.05, 4.69) is 9.82 Å². The lowest BCUT2D eigenvalue weighted by atomic mass is 10.0. The molecule has 1 heterocycles. The molecule has 11 heteroatoms. The summed E-state index contributed by atoms with van der Waals surface area (Å²) in [7, 11) is -4.31. The van der Waals surface area contributed by atoms with Crippen molar-refractivity contribution in [3.05, 3.63) is 92.9 Å². The molecule has 0 aromatic heterocycles. The zero-order chi connectivity index (χ0) is 23.8. The molecule has 0 amide bonds. The second-order valence-corrected chi connectivity index (χ2v) is 10.3. The van der Waals surface area contributed by atoms with Crippen LogP contribution in [0.4, 0.5) is 14.5 Å². The number of hydrogen-bond donors (Lipinski definition) is 1. The summed E-state index contributed by atoms with van der Waals surface area (Å²) in [6.07, 6.45) is 0.356. The highest BCUT2D eigenvalue weighted by Gasteiger charge is 2.31. The predicted octanol–water partition coefficient (Wildman–Crippen LogP) is 6.21. The van der Waals surface area contributed by atoms with Crippen LogP contribution in [0.5, 0.6) is 0 Å². The second kappa shape index (κ2) is 9.56. The van der Waals surface area contributed by atoms with Crippen molar-refractivity contribution in [2.24, 2.45) is 5.10 Å². The van der Waals surface area contributed by atoms with Crippen LogP contribution in [0.2, 0.25) is 15.1 Å². The average molecular weight is 531 g/mol. The fourth-order valence-corrected chi connectivity index (χ4v) is 5.18. The molecule has 0 spiro atoms. The Morgan fingerprint density at radius 1 is 0.970 bits per heavy atom. The third kappa shape index (κ3) is 5.31. The minimum absolute atomic E-state index is 0.204. The molecule has 1 aliphatic rings. The van der Waals surface area contributed by atoms with E-state index in [9.17, 15) is 17.2 Å². The van der Waals surface area contributed by atoms with Crippen molar-refractivity contribution >= 4 is 56.2 Å². The fourth-order valence-electron chi connectivity index (χ4n) is 3.45. The van der Waals surface area contributed by atoms with Crippen LogP contribution in [0.1, 0.15) is 18.0 Å². The van der Waals surface area contributed by atoms with Gasteiger partial charge >= 0.3 is 0 Å². The van der Waals surface area contributed by atoms with Crippen molar-refractivity contribution in [2.45, 2.75) is 17.4 Å².